The summed E-state index contributed by atoms with van der Waals surface area (Å²) in [6, 6.07) is 9.41. The van der Waals surface area contributed by atoms with Crippen molar-refractivity contribution in [2.75, 3.05) is 6.54 Å². The van der Waals surface area contributed by atoms with E-state index >= 15 is 0 Å². The first-order valence-electron chi connectivity index (χ1n) is 12.0. The lowest BCUT2D eigenvalue weighted by Gasteiger charge is -2.21. The van der Waals surface area contributed by atoms with Gasteiger partial charge in [0.15, 0.2) is 5.78 Å². The molecule has 1 aliphatic heterocycles. The van der Waals surface area contributed by atoms with Gasteiger partial charge in [0, 0.05) is 35.7 Å². The van der Waals surface area contributed by atoms with Crippen LogP contribution in [-0.4, -0.2) is 35.2 Å². The maximum atomic E-state index is 13.2. The lowest BCUT2D eigenvalue weighted by atomic mass is 9.90. The molecule has 0 radical (unpaired) electrons. The molecule has 2 aliphatic rings. The van der Waals surface area contributed by atoms with E-state index in [0.717, 1.165) is 10.9 Å². The van der Waals surface area contributed by atoms with Crippen LogP contribution >= 0.6 is 0 Å². The fourth-order valence-electron chi connectivity index (χ4n) is 4.85. The number of fused-ring (bicyclic) bond motifs is 1. The van der Waals surface area contributed by atoms with Gasteiger partial charge in [0.1, 0.15) is 6.04 Å². The number of aromatic amines is 1. The Hall–Kier alpha value is -3.14. The summed E-state index contributed by atoms with van der Waals surface area (Å²) >= 11 is 0. The Morgan fingerprint density at radius 1 is 1.24 bits per heavy atom. The van der Waals surface area contributed by atoms with E-state index in [-0.39, 0.29) is 35.9 Å². The summed E-state index contributed by atoms with van der Waals surface area (Å²) in [7, 11) is 0. The second-order valence-electron chi connectivity index (χ2n) is 9.92. The van der Waals surface area contributed by atoms with Gasteiger partial charge in [-0.15, -0.1) is 0 Å². The smallest absolute Gasteiger partial charge is 0.224 e. The molecule has 1 saturated carbocycles. The average molecular weight is 449 g/mol. The number of H-pyrrole nitrogens is 1. The molecule has 0 bridgehead atoms. The van der Waals surface area contributed by atoms with E-state index in [9.17, 15) is 19.6 Å². The second-order valence-corrected chi connectivity index (χ2v) is 9.92. The van der Waals surface area contributed by atoms with Crippen LogP contribution in [0.1, 0.15) is 74.3 Å². The fourth-order valence-corrected chi connectivity index (χ4v) is 4.85. The molecule has 3 N–H and O–H groups in total. The highest BCUT2D eigenvalue weighted by atomic mass is 16.2. The molecule has 7 heteroatoms. The first-order valence-corrected chi connectivity index (χ1v) is 12.0. The Morgan fingerprint density at radius 2 is 2.03 bits per heavy atom. The molecule has 3 atom stereocenters. The summed E-state index contributed by atoms with van der Waals surface area (Å²) in [5.41, 5.74) is 2.76. The van der Waals surface area contributed by atoms with Crippen molar-refractivity contribution in [2.45, 2.75) is 64.3 Å². The highest BCUT2D eigenvalue weighted by Gasteiger charge is 2.31. The molecular formula is C26H32N4O3. The van der Waals surface area contributed by atoms with E-state index < -0.39 is 12.0 Å². The van der Waals surface area contributed by atoms with Crippen molar-refractivity contribution in [3.63, 3.8) is 0 Å². The van der Waals surface area contributed by atoms with Crippen LogP contribution < -0.4 is 10.6 Å². The molecule has 4 rings (SSSR count). The predicted molar refractivity (Wildman–Crippen MR) is 125 cm³/mol. The Morgan fingerprint density at radius 3 is 2.67 bits per heavy atom. The van der Waals surface area contributed by atoms with Crippen molar-refractivity contribution in [1.82, 2.24) is 15.6 Å². The molecule has 2 amide bonds. The third-order valence-corrected chi connectivity index (χ3v) is 6.73. The van der Waals surface area contributed by atoms with Gasteiger partial charge in [0.25, 0.3) is 0 Å². The van der Waals surface area contributed by atoms with Gasteiger partial charge in [-0.2, -0.15) is 5.26 Å². The average Bonchev–Trinajstić information content (AvgIpc) is 3.40. The van der Waals surface area contributed by atoms with Crippen LogP contribution in [-0.2, 0) is 9.59 Å². The van der Waals surface area contributed by atoms with Crippen LogP contribution in [0.4, 0.5) is 0 Å². The number of hydrogen-bond donors (Lipinski definition) is 3. The maximum Gasteiger partial charge on any atom is 0.224 e. The molecule has 0 spiro atoms. The van der Waals surface area contributed by atoms with Gasteiger partial charge in [0.05, 0.1) is 11.8 Å². The summed E-state index contributed by atoms with van der Waals surface area (Å²) in [4.78, 5) is 41.3. The van der Waals surface area contributed by atoms with Crippen LogP contribution in [0, 0.1) is 29.1 Å². The Balaban J connectivity index is 1.45. The van der Waals surface area contributed by atoms with Crippen molar-refractivity contribution in [3.8, 4) is 6.07 Å². The first kappa shape index (κ1) is 23.0. The number of nitrogens with one attached hydrogen (secondary N) is 3. The Bertz CT molecular complexity index is 1090. The van der Waals surface area contributed by atoms with Gasteiger partial charge in [0.2, 0.25) is 11.8 Å². The van der Waals surface area contributed by atoms with Crippen molar-refractivity contribution < 1.29 is 14.4 Å². The topological polar surface area (TPSA) is 115 Å². The van der Waals surface area contributed by atoms with Gasteiger partial charge in [-0.1, -0.05) is 26.0 Å². The van der Waals surface area contributed by atoms with Crippen molar-refractivity contribution in [1.29, 1.82) is 5.26 Å². The van der Waals surface area contributed by atoms with Crippen molar-refractivity contribution in [3.05, 3.63) is 35.5 Å². The quantitative estimate of drug-likeness (QED) is 0.479. The molecule has 174 valence electrons. The van der Waals surface area contributed by atoms with Crippen LogP contribution in [0.5, 0.6) is 0 Å². The number of nitrogens with zero attached hydrogens (tertiary/aromatic N) is 1. The zero-order valence-corrected chi connectivity index (χ0v) is 19.3. The Labute approximate surface area is 194 Å². The number of hydrogen-bond acceptors (Lipinski definition) is 4. The van der Waals surface area contributed by atoms with Crippen LogP contribution in [0.2, 0.25) is 0 Å². The predicted octanol–water partition coefficient (Wildman–Crippen LogP) is 3.81. The number of amides is 2. The van der Waals surface area contributed by atoms with E-state index in [0.29, 0.717) is 37.4 Å². The zero-order valence-electron chi connectivity index (χ0n) is 19.3. The number of carbonyl (C=O) groups excluding carboxylic acids is 3. The summed E-state index contributed by atoms with van der Waals surface area (Å²) in [5.74, 6) is -0.445. The number of nitriles is 1. The highest BCUT2D eigenvalue weighted by molar-refractivity contribution is 6.02. The molecular weight excluding hydrogens is 416 g/mol. The van der Waals surface area contributed by atoms with E-state index in [1.54, 1.807) is 0 Å². The van der Waals surface area contributed by atoms with Gasteiger partial charge >= 0.3 is 0 Å². The molecule has 33 heavy (non-hydrogen) atoms. The minimum absolute atomic E-state index is 0.0669. The van der Waals surface area contributed by atoms with Crippen molar-refractivity contribution >= 4 is 28.5 Å². The number of ketones is 1. The number of rotatable bonds is 10. The van der Waals surface area contributed by atoms with E-state index in [1.807, 2.05) is 32.0 Å². The number of carbonyl (C=O) groups is 3. The zero-order chi connectivity index (χ0) is 23.5. The van der Waals surface area contributed by atoms with Crippen LogP contribution in [0.15, 0.2) is 24.3 Å². The standard InChI is InChI=1S/C26H32N4O3/c1-15(2)10-18(26(33)29-19(14-27)11-17-8-9-28-25(17)32)12-24(31)23-13-21-20(16-6-7-16)4-3-5-22(21)30-23/h3-5,13,15-19,30H,6-12H2,1-2H3,(H,28,32)(H,29,33)/t17-,18+,19-/m0/s1. The number of aromatic nitrogens is 1. The largest absolute Gasteiger partial charge is 0.356 e. The summed E-state index contributed by atoms with van der Waals surface area (Å²) in [6.07, 6.45) is 3.97. The third-order valence-electron chi connectivity index (χ3n) is 6.73. The van der Waals surface area contributed by atoms with Crippen LogP contribution in [0.3, 0.4) is 0 Å². The minimum Gasteiger partial charge on any atom is -0.356 e. The molecule has 1 saturated heterocycles. The fraction of sp³-hybridized carbons (Fsp3) is 0.538. The van der Waals surface area contributed by atoms with E-state index in [1.165, 1.54) is 18.4 Å². The summed E-state index contributed by atoms with van der Waals surface area (Å²) in [5, 5.41) is 16.2. The van der Waals surface area contributed by atoms with Gasteiger partial charge in [-0.25, -0.2) is 0 Å². The highest BCUT2D eigenvalue weighted by Crippen LogP contribution is 2.43. The molecule has 2 fully saturated rings. The summed E-state index contributed by atoms with van der Waals surface area (Å²) < 4.78 is 0. The molecule has 2 heterocycles. The van der Waals surface area contributed by atoms with E-state index in [2.05, 4.69) is 27.8 Å². The molecule has 1 aromatic carbocycles. The maximum absolute atomic E-state index is 13.2. The van der Waals surface area contributed by atoms with Crippen molar-refractivity contribution in [2.24, 2.45) is 17.8 Å². The molecule has 7 nitrogen and oxygen atoms in total. The van der Waals surface area contributed by atoms with Gasteiger partial charge in [-0.05, 0) is 61.6 Å². The van der Waals surface area contributed by atoms with Crippen LogP contribution in [0.25, 0.3) is 10.9 Å². The molecule has 1 aliphatic carbocycles. The second kappa shape index (κ2) is 9.78. The molecule has 2 aromatic rings. The lowest BCUT2D eigenvalue weighted by molar-refractivity contribution is -0.127. The Kier molecular flexibility index (Phi) is 6.83. The van der Waals surface area contributed by atoms with Gasteiger partial charge in [-0.3, -0.25) is 14.4 Å². The first-order chi connectivity index (χ1) is 15.9. The molecule has 0 unspecified atom stereocenters. The molecule has 1 aromatic heterocycles. The third kappa shape index (κ3) is 5.44. The van der Waals surface area contributed by atoms with E-state index in [4.69, 9.17) is 0 Å². The number of benzene rings is 1. The summed E-state index contributed by atoms with van der Waals surface area (Å²) in [6.45, 7) is 4.63. The SMILES string of the molecule is CC(C)C[C@H](CC(=O)c1cc2c(C3CC3)cccc2[nH]1)C(=O)N[C@H](C#N)C[C@@H]1CCNC1=O. The minimum atomic E-state index is -0.745. The number of Topliss-reactive ketones (excluding diaryl/α,β-unsaturated/α-hetero) is 1. The monoisotopic (exact) mass is 448 g/mol. The van der Waals surface area contributed by atoms with Gasteiger partial charge < -0.3 is 15.6 Å². The normalized spacial score (nSPS) is 19.8. The lowest BCUT2D eigenvalue weighted by Crippen LogP contribution is -2.41.